The molecule has 168 valence electrons. The van der Waals surface area contributed by atoms with E-state index in [9.17, 15) is 9.59 Å². The molecule has 0 saturated heterocycles. The van der Waals surface area contributed by atoms with Gasteiger partial charge in [0.25, 0.3) is 0 Å². The van der Waals surface area contributed by atoms with Crippen LogP contribution in [-0.2, 0) is 22.6 Å². The lowest BCUT2D eigenvalue weighted by molar-refractivity contribution is -0.123. The lowest BCUT2D eigenvalue weighted by Crippen LogP contribution is -2.41. The van der Waals surface area contributed by atoms with Gasteiger partial charge in [-0.25, -0.2) is 9.98 Å². The van der Waals surface area contributed by atoms with Crippen LogP contribution in [0.5, 0.6) is 5.75 Å². The summed E-state index contributed by atoms with van der Waals surface area (Å²) in [5.74, 6) is 0.610. The van der Waals surface area contributed by atoms with E-state index in [4.69, 9.17) is 9.73 Å². The molecule has 0 atom stereocenters. The van der Waals surface area contributed by atoms with E-state index in [0.717, 1.165) is 23.3 Å². The highest BCUT2D eigenvalue weighted by atomic mass is 16.5. The van der Waals surface area contributed by atoms with Crippen LogP contribution in [0.4, 0.5) is 11.5 Å². The molecule has 3 aromatic rings. The van der Waals surface area contributed by atoms with E-state index in [1.165, 1.54) is 10.5 Å². The van der Waals surface area contributed by atoms with Gasteiger partial charge in [0, 0.05) is 12.7 Å². The van der Waals surface area contributed by atoms with Crippen LogP contribution >= 0.6 is 0 Å². The molecule has 1 aliphatic rings. The second-order valence-electron chi connectivity index (χ2n) is 7.74. The first-order valence-electron chi connectivity index (χ1n) is 10.9. The largest absolute Gasteiger partial charge is 0.497 e. The molecule has 0 radical (unpaired) electrons. The maximum absolute atomic E-state index is 13.2. The Morgan fingerprint density at radius 2 is 1.91 bits per heavy atom. The number of pyridine rings is 1. The van der Waals surface area contributed by atoms with Gasteiger partial charge in [-0.3, -0.25) is 14.5 Å². The molecule has 2 heterocycles. The number of fused-ring (bicyclic) bond motifs is 1. The summed E-state index contributed by atoms with van der Waals surface area (Å²) in [6.07, 6.45) is 2.63. The Morgan fingerprint density at radius 1 is 1.09 bits per heavy atom. The van der Waals surface area contributed by atoms with Gasteiger partial charge in [0.2, 0.25) is 11.8 Å². The Bertz CT molecular complexity index is 1190. The van der Waals surface area contributed by atoms with E-state index < -0.39 is 0 Å². The fourth-order valence-corrected chi connectivity index (χ4v) is 3.67. The number of rotatable bonds is 7. The molecule has 33 heavy (non-hydrogen) atoms. The first kappa shape index (κ1) is 22.2. The lowest BCUT2D eigenvalue weighted by atomic mass is 10.0. The number of aliphatic imine (C=N–C) groups is 1. The lowest BCUT2D eigenvalue weighted by Gasteiger charge is -2.20. The van der Waals surface area contributed by atoms with Crippen molar-refractivity contribution in [3.05, 3.63) is 83.6 Å². The number of ether oxygens (including phenoxy) is 1. The van der Waals surface area contributed by atoms with E-state index in [1.807, 2.05) is 54.6 Å². The quantitative estimate of drug-likeness (QED) is 0.603. The zero-order chi connectivity index (χ0) is 23.2. The Morgan fingerprint density at radius 3 is 2.67 bits per heavy atom. The first-order chi connectivity index (χ1) is 16.1. The molecule has 1 N–H and O–H groups in total. The molecule has 0 saturated carbocycles. The molecule has 4 rings (SSSR count). The van der Waals surface area contributed by atoms with Crippen molar-refractivity contribution < 1.29 is 14.3 Å². The van der Waals surface area contributed by atoms with Crippen LogP contribution in [0.3, 0.4) is 0 Å². The SMILES string of the molecule is CCc1ccc(C2=Nc3cccnc3N(CC(=O)NCc3cccc(OC)c3)C(=O)C2)cc1. The highest BCUT2D eigenvalue weighted by Gasteiger charge is 2.27. The average Bonchev–Trinajstić information content (AvgIpc) is 2.99. The first-order valence-corrected chi connectivity index (χ1v) is 10.9. The number of carbonyl (C=O) groups excluding carboxylic acids is 2. The van der Waals surface area contributed by atoms with E-state index in [1.54, 1.807) is 19.4 Å². The Balaban J connectivity index is 1.51. The molecular weight excluding hydrogens is 416 g/mol. The van der Waals surface area contributed by atoms with Gasteiger partial charge >= 0.3 is 0 Å². The minimum atomic E-state index is -0.279. The van der Waals surface area contributed by atoms with Gasteiger partial charge in [-0.05, 0) is 47.4 Å². The summed E-state index contributed by atoms with van der Waals surface area (Å²) in [6.45, 7) is 2.30. The third kappa shape index (κ3) is 5.26. The van der Waals surface area contributed by atoms with Gasteiger partial charge in [0.1, 0.15) is 18.0 Å². The Kier molecular flexibility index (Phi) is 6.78. The number of anilines is 1. The molecule has 0 fully saturated rings. The summed E-state index contributed by atoms with van der Waals surface area (Å²) < 4.78 is 5.22. The number of nitrogens with zero attached hydrogens (tertiary/aromatic N) is 3. The van der Waals surface area contributed by atoms with Gasteiger partial charge in [-0.15, -0.1) is 0 Å². The monoisotopic (exact) mass is 442 g/mol. The highest BCUT2D eigenvalue weighted by Crippen LogP contribution is 2.30. The molecule has 0 spiro atoms. The maximum Gasteiger partial charge on any atom is 0.240 e. The van der Waals surface area contributed by atoms with Crippen molar-refractivity contribution in [2.45, 2.75) is 26.3 Å². The maximum atomic E-state index is 13.2. The fourth-order valence-electron chi connectivity index (χ4n) is 3.67. The summed E-state index contributed by atoms with van der Waals surface area (Å²) in [6, 6.07) is 19.1. The van der Waals surface area contributed by atoms with E-state index in [-0.39, 0.29) is 24.8 Å². The third-order valence-corrected chi connectivity index (χ3v) is 5.52. The predicted molar refractivity (Wildman–Crippen MR) is 128 cm³/mol. The number of amides is 2. The van der Waals surface area contributed by atoms with Crippen molar-refractivity contribution in [2.75, 3.05) is 18.6 Å². The molecule has 0 unspecified atom stereocenters. The minimum absolute atomic E-state index is 0.0883. The summed E-state index contributed by atoms with van der Waals surface area (Å²) in [7, 11) is 1.60. The summed E-state index contributed by atoms with van der Waals surface area (Å²) in [5.41, 5.74) is 4.25. The molecule has 7 nitrogen and oxygen atoms in total. The average molecular weight is 443 g/mol. The molecule has 0 bridgehead atoms. The van der Waals surface area contributed by atoms with Gasteiger partial charge in [-0.2, -0.15) is 0 Å². The van der Waals surface area contributed by atoms with Crippen molar-refractivity contribution in [3.63, 3.8) is 0 Å². The normalized spacial score (nSPS) is 13.1. The second-order valence-corrected chi connectivity index (χ2v) is 7.74. The van der Waals surface area contributed by atoms with Crippen LogP contribution in [0.1, 0.15) is 30.0 Å². The van der Waals surface area contributed by atoms with Crippen molar-refractivity contribution in [1.29, 1.82) is 0 Å². The van der Waals surface area contributed by atoms with Crippen molar-refractivity contribution in [2.24, 2.45) is 4.99 Å². The zero-order valence-electron chi connectivity index (χ0n) is 18.7. The minimum Gasteiger partial charge on any atom is -0.497 e. The summed E-state index contributed by atoms with van der Waals surface area (Å²) in [4.78, 5) is 36.4. The van der Waals surface area contributed by atoms with E-state index >= 15 is 0 Å². The molecule has 2 aromatic carbocycles. The van der Waals surface area contributed by atoms with Crippen LogP contribution in [0, 0.1) is 0 Å². The summed E-state index contributed by atoms with van der Waals surface area (Å²) >= 11 is 0. The topological polar surface area (TPSA) is 83.9 Å². The number of hydrogen-bond donors (Lipinski definition) is 1. The fraction of sp³-hybridized carbons (Fsp3) is 0.231. The zero-order valence-corrected chi connectivity index (χ0v) is 18.7. The number of aryl methyl sites for hydroxylation is 1. The Labute approximate surface area is 193 Å². The molecule has 0 aliphatic carbocycles. The number of nitrogens with one attached hydrogen (secondary N) is 1. The second kappa shape index (κ2) is 10.1. The van der Waals surface area contributed by atoms with E-state index in [0.29, 0.717) is 23.8 Å². The molecular formula is C26H26N4O3. The van der Waals surface area contributed by atoms with Crippen molar-refractivity contribution in [1.82, 2.24) is 10.3 Å². The predicted octanol–water partition coefficient (Wildman–Crippen LogP) is 3.83. The standard InChI is InChI=1S/C26H26N4O3/c1-3-18-9-11-20(12-10-18)23-15-25(32)30(26-22(29-23)8-5-13-27-26)17-24(31)28-16-19-6-4-7-21(14-19)33-2/h4-14H,3,15-17H2,1-2H3,(H,28,31). The van der Waals surface area contributed by atoms with Crippen LogP contribution in [-0.4, -0.2) is 36.2 Å². The smallest absolute Gasteiger partial charge is 0.240 e. The van der Waals surface area contributed by atoms with Crippen LogP contribution in [0.15, 0.2) is 71.9 Å². The number of methoxy groups -OCH3 is 1. The number of benzene rings is 2. The summed E-state index contributed by atoms with van der Waals surface area (Å²) in [5, 5.41) is 2.87. The van der Waals surface area contributed by atoms with Gasteiger partial charge in [-0.1, -0.05) is 43.3 Å². The number of aromatic nitrogens is 1. The van der Waals surface area contributed by atoms with Crippen LogP contribution < -0.4 is 15.0 Å². The van der Waals surface area contributed by atoms with Gasteiger partial charge < -0.3 is 10.1 Å². The molecule has 7 heteroatoms. The van der Waals surface area contributed by atoms with Crippen molar-refractivity contribution >= 4 is 29.0 Å². The Hall–Kier alpha value is -4.00. The third-order valence-electron chi connectivity index (χ3n) is 5.52. The van der Waals surface area contributed by atoms with Crippen LogP contribution in [0.25, 0.3) is 0 Å². The number of hydrogen-bond acceptors (Lipinski definition) is 5. The van der Waals surface area contributed by atoms with Gasteiger partial charge in [0.05, 0.1) is 19.2 Å². The van der Waals surface area contributed by atoms with E-state index in [2.05, 4.69) is 17.2 Å². The highest BCUT2D eigenvalue weighted by molar-refractivity contribution is 6.18. The molecule has 1 aliphatic heterocycles. The number of carbonyl (C=O) groups is 2. The van der Waals surface area contributed by atoms with Crippen LogP contribution in [0.2, 0.25) is 0 Å². The molecule has 2 amide bonds. The molecule has 1 aromatic heterocycles. The van der Waals surface area contributed by atoms with Gasteiger partial charge in [0.15, 0.2) is 5.82 Å². The van der Waals surface area contributed by atoms with Crippen molar-refractivity contribution in [3.8, 4) is 5.75 Å².